The van der Waals surface area contributed by atoms with Crippen LogP contribution in [0.15, 0.2) is 76.8 Å². The summed E-state index contributed by atoms with van der Waals surface area (Å²) in [4.78, 5) is 5.38. The molecule has 0 amide bonds. The minimum atomic E-state index is -0.458. The van der Waals surface area contributed by atoms with Crippen LogP contribution in [0.2, 0.25) is 5.02 Å². The molecule has 1 aliphatic carbocycles. The quantitative estimate of drug-likeness (QED) is 0.243. The first-order valence-corrected chi connectivity index (χ1v) is 15.6. The van der Waals surface area contributed by atoms with E-state index in [1.54, 1.807) is 0 Å². The molecule has 0 saturated heterocycles. The predicted molar refractivity (Wildman–Crippen MR) is 176 cm³/mol. The van der Waals surface area contributed by atoms with Crippen molar-refractivity contribution in [1.82, 2.24) is 0 Å². The molecular weight excluding hydrogens is 599 g/mol. The van der Waals surface area contributed by atoms with E-state index in [9.17, 15) is 0 Å². The summed E-state index contributed by atoms with van der Waals surface area (Å²) in [6, 6.07) is 16.8. The molecule has 2 aromatic rings. The zero-order valence-electron chi connectivity index (χ0n) is 26.7. The van der Waals surface area contributed by atoms with Crippen LogP contribution in [-0.2, 0) is 38.2 Å². The number of rotatable bonds is 9. The van der Waals surface area contributed by atoms with Gasteiger partial charge >= 0.3 is 0 Å². The van der Waals surface area contributed by atoms with Gasteiger partial charge in [0.05, 0.1) is 0 Å². The van der Waals surface area contributed by atoms with Gasteiger partial charge in [-0.1, -0.05) is 145 Å². The maximum Gasteiger partial charge on any atom is 0.0406 e. The fourth-order valence-electron chi connectivity index (χ4n) is 5.42. The summed E-state index contributed by atoms with van der Waals surface area (Å²) < 4.78 is 0. The fourth-order valence-corrected chi connectivity index (χ4v) is 5.55. The van der Waals surface area contributed by atoms with Crippen molar-refractivity contribution in [3.8, 4) is 0 Å². The average molecular weight is 649 g/mol. The molecular formula is C36H50ClN3Y-2. The molecule has 41 heavy (non-hydrogen) atoms. The Morgan fingerprint density at radius 2 is 1.56 bits per heavy atom. The summed E-state index contributed by atoms with van der Waals surface area (Å²) >= 11 is 6.22. The molecule has 2 aromatic carbocycles. The number of allylic oxidation sites excluding steroid dienone is 3. The Kier molecular flexibility index (Phi) is 14.5. The van der Waals surface area contributed by atoms with Crippen molar-refractivity contribution in [2.24, 2.45) is 16.3 Å². The van der Waals surface area contributed by atoms with Crippen molar-refractivity contribution in [3.63, 3.8) is 0 Å². The van der Waals surface area contributed by atoms with E-state index < -0.39 is 5.54 Å². The summed E-state index contributed by atoms with van der Waals surface area (Å²) in [6.45, 7) is 19.9. The summed E-state index contributed by atoms with van der Waals surface area (Å²) in [5.41, 5.74) is 6.21. The Hall–Kier alpha value is -1.26. The number of aliphatic imine (C=N–C) groups is 1. The minimum absolute atomic E-state index is 0. The zero-order valence-corrected chi connectivity index (χ0v) is 30.3. The Bertz CT molecular complexity index is 1170. The smallest absolute Gasteiger partial charge is 0.0406 e. The normalized spacial score (nSPS) is 21.9. The van der Waals surface area contributed by atoms with Crippen LogP contribution in [0, 0.1) is 18.3 Å². The van der Waals surface area contributed by atoms with Gasteiger partial charge in [0.15, 0.2) is 0 Å². The number of nitrogens with zero attached hydrogens (tertiary/aromatic N) is 3. The Balaban J connectivity index is 0.000000655. The molecule has 1 aliphatic heterocycles. The molecule has 4 rings (SSSR count). The molecule has 2 aliphatic rings. The van der Waals surface area contributed by atoms with E-state index in [0.717, 1.165) is 48.8 Å². The van der Waals surface area contributed by atoms with Gasteiger partial charge in [-0.3, -0.25) is 0 Å². The average Bonchev–Trinajstić information content (AvgIpc) is 3.28. The van der Waals surface area contributed by atoms with Gasteiger partial charge in [0.2, 0.25) is 0 Å². The third-order valence-electron chi connectivity index (χ3n) is 7.80. The second kappa shape index (κ2) is 16.6. The van der Waals surface area contributed by atoms with Crippen LogP contribution in [0.5, 0.6) is 0 Å². The summed E-state index contributed by atoms with van der Waals surface area (Å²) in [5, 5.41) is 10.3. The van der Waals surface area contributed by atoms with Gasteiger partial charge in [-0.15, -0.1) is 13.1 Å². The van der Waals surface area contributed by atoms with Crippen LogP contribution >= 0.6 is 11.6 Å². The van der Waals surface area contributed by atoms with Gasteiger partial charge in [0.1, 0.15) is 0 Å². The van der Waals surface area contributed by atoms with Crippen LogP contribution in [0.25, 0.3) is 10.6 Å². The monoisotopic (exact) mass is 648 g/mol. The first kappa shape index (κ1) is 35.9. The van der Waals surface area contributed by atoms with Gasteiger partial charge in [0, 0.05) is 49.2 Å². The summed E-state index contributed by atoms with van der Waals surface area (Å²) in [5.74, 6) is 1.24. The molecule has 0 fully saturated rings. The molecule has 0 spiro atoms. The molecule has 0 saturated carbocycles. The van der Waals surface area contributed by atoms with Crippen LogP contribution in [0.3, 0.4) is 0 Å². The van der Waals surface area contributed by atoms with E-state index in [-0.39, 0.29) is 50.1 Å². The number of amidine groups is 1. The van der Waals surface area contributed by atoms with Crippen LogP contribution in [0.4, 0.5) is 0 Å². The first-order chi connectivity index (χ1) is 19.0. The number of benzene rings is 2. The molecule has 3 unspecified atom stereocenters. The Morgan fingerprint density at radius 3 is 2.10 bits per heavy atom. The Labute approximate surface area is 281 Å². The zero-order chi connectivity index (χ0) is 29.3. The molecule has 0 bridgehead atoms. The molecule has 3 atom stereocenters. The molecule has 0 aromatic heterocycles. The van der Waals surface area contributed by atoms with E-state index in [2.05, 4.69) is 109 Å². The molecule has 1 radical (unpaired) electrons. The minimum Gasteiger partial charge on any atom is -0.662 e. The van der Waals surface area contributed by atoms with Crippen LogP contribution < -0.4 is 0 Å². The van der Waals surface area contributed by atoms with Gasteiger partial charge in [0.25, 0.3) is 0 Å². The maximum absolute atomic E-state index is 6.22. The van der Waals surface area contributed by atoms with Gasteiger partial charge in [-0.05, 0) is 60.1 Å². The van der Waals surface area contributed by atoms with Crippen LogP contribution in [0.1, 0.15) is 103 Å². The second-order valence-electron chi connectivity index (χ2n) is 12.4. The van der Waals surface area contributed by atoms with Crippen molar-refractivity contribution >= 4 is 17.4 Å². The number of aryl methyl sites for hydroxylation is 1. The van der Waals surface area contributed by atoms with Crippen molar-refractivity contribution in [1.29, 1.82) is 0 Å². The fraction of sp³-hybridized carbons (Fsp3) is 0.528. The van der Waals surface area contributed by atoms with Crippen molar-refractivity contribution in [3.05, 3.63) is 104 Å². The number of halogens is 1. The predicted octanol–water partition coefficient (Wildman–Crippen LogP) is 11.3. The molecule has 221 valence electrons. The van der Waals surface area contributed by atoms with Crippen molar-refractivity contribution < 1.29 is 32.7 Å². The van der Waals surface area contributed by atoms with Crippen molar-refractivity contribution in [2.75, 3.05) is 13.1 Å². The van der Waals surface area contributed by atoms with E-state index in [0.29, 0.717) is 0 Å². The van der Waals surface area contributed by atoms with Gasteiger partial charge in [-0.25, -0.2) is 0 Å². The first-order valence-electron chi connectivity index (χ1n) is 15.2. The topological polar surface area (TPSA) is 40.6 Å². The third-order valence-corrected chi connectivity index (χ3v) is 8.06. The SMILES string of the molecule is CCCC1=CC(C(C)(C)C)=CCC1C1=NC(C)(c2ccc(Cl)cc2)C(c2ccc(C)cc2)[N-]1.CCC[N-]CCC.[Y]. The molecule has 0 N–H and O–H groups in total. The van der Waals surface area contributed by atoms with E-state index >= 15 is 0 Å². The largest absolute Gasteiger partial charge is 0.662 e. The van der Waals surface area contributed by atoms with Gasteiger partial charge < -0.3 is 15.6 Å². The van der Waals surface area contributed by atoms with Crippen LogP contribution in [-0.4, -0.2) is 18.9 Å². The van der Waals surface area contributed by atoms with Crippen molar-refractivity contribution in [2.45, 2.75) is 99.1 Å². The van der Waals surface area contributed by atoms with E-state index in [1.165, 1.54) is 35.1 Å². The second-order valence-corrected chi connectivity index (χ2v) is 12.8. The number of hydrogen-bond donors (Lipinski definition) is 0. The maximum atomic E-state index is 6.22. The summed E-state index contributed by atoms with van der Waals surface area (Å²) in [7, 11) is 0. The van der Waals surface area contributed by atoms with E-state index in [1.807, 2.05) is 12.1 Å². The third kappa shape index (κ3) is 9.62. The molecule has 5 heteroatoms. The summed E-state index contributed by atoms with van der Waals surface area (Å²) in [6.07, 6.45) is 10.4. The molecule has 1 heterocycles. The number of hydrogen-bond acceptors (Lipinski definition) is 1. The molecule has 3 nitrogen and oxygen atoms in total. The van der Waals surface area contributed by atoms with Gasteiger partial charge in [-0.2, -0.15) is 0 Å². The Morgan fingerprint density at radius 1 is 0.951 bits per heavy atom. The van der Waals surface area contributed by atoms with E-state index in [4.69, 9.17) is 21.9 Å². The standard InChI is InChI=1S/C30H36ClN2.C6H14N.Y/c1-7-8-22-19-24(29(3,4)5)15-18-26(22)28-32-27(21-11-9-20(2)10-12-21)30(6,33-28)23-13-16-25(31)17-14-23;1-3-5-7-6-4-2;/h9-17,19,26-27H,7-8,18H2,1-6H3;3-6H2,1-2H3;/q2*-1;.